The molecule has 0 aromatic carbocycles. The molecule has 2 aliphatic rings. The molecule has 2 fully saturated rings. The van der Waals surface area contributed by atoms with Crippen LogP contribution >= 0.6 is 0 Å². The summed E-state index contributed by atoms with van der Waals surface area (Å²) in [7, 11) is 0. The summed E-state index contributed by atoms with van der Waals surface area (Å²) in [5, 5.41) is 0. The maximum atomic E-state index is 5.88. The molecule has 1 saturated heterocycles. The van der Waals surface area contributed by atoms with Crippen molar-refractivity contribution in [1.29, 1.82) is 0 Å². The molecule has 1 aliphatic carbocycles. The zero-order valence-corrected chi connectivity index (χ0v) is 12.9. The van der Waals surface area contributed by atoms with E-state index in [2.05, 4.69) is 41.0 Å². The Morgan fingerprint density at radius 3 is 1.94 bits per heavy atom. The van der Waals surface area contributed by atoms with Crippen LogP contribution in [0.15, 0.2) is 0 Å². The number of hydrogen-bond acceptors (Lipinski definition) is 2. The molecule has 0 aromatic rings. The zero-order valence-electron chi connectivity index (χ0n) is 12.0. The zero-order chi connectivity index (χ0) is 11.7. The van der Waals surface area contributed by atoms with Gasteiger partial charge in [0.1, 0.15) is 0 Å². The molecule has 4 heteroatoms. The summed E-state index contributed by atoms with van der Waals surface area (Å²) in [6.07, 6.45) is 4.95. The molecule has 0 aromatic heterocycles. The van der Waals surface area contributed by atoms with Gasteiger partial charge in [0.05, 0.1) is 12.2 Å². The van der Waals surface area contributed by atoms with Crippen LogP contribution in [0.25, 0.3) is 0 Å². The third kappa shape index (κ3) is 4.00. The summed E-state index contributed by atoms with van der Waals surface area (Å²) in [5.41, 5.74) is 0.149. The van der Waals surface area contributed by atoms with E-state index < -0.39 is 0 Å². The van der Waals surface area contributed by atoms with Crippen LogP contribution in [0.4, 0.5) is 0 Å². The summed E-state index contributed by atoms with van der Waals surface area (Å²) in [6.45, 7) is 13.6. The molecule has 1 saturated carbocycles. The van der Waals surface area contributed by atoms with Gasteiger partial charge in [0.15, 0.2) is 0 Å². The maximum absolute atomic E-state index is 5.88. The molecule has 2 nitrogen and oxygen atoms in total. The second kappa shape index (κ2) is 7.58. The Morgan fingerprint density at radius 2 is 1.65 bits per heavy atom. The van der Waals surface area contributed by atoms with Crippen molar-refractivity contribution in [3.8, 4) is 0 Å². The Kier molecular flexibility index (Phi) is 9.08. The summed E-state index contributed by atoms with van der Waals surface area (Å²) in [6, 6.07) is 0. The molecular weight excluding hydrogens is 259 g/mol. The van der Waals surface area contributed by atoms with Crippen LogP contribution in [0, 0.1) is 18.8 Å². The first-order valence-electron chi connectivity index (χ1n) is 5.95. The van der Waals surface area contributed by atoms with Gasteiger partial charge in [0.2, 0.25) is 0 Å². The Bertz CT molecular complexity index is 215. The molecule has 3 atom stereocenters. The van der Waals surface area contributed by atoms with E-state index in [4.69, 9.17) is 9.47 Å². The van der Waals surface area contributed by atoms with Gasteiger partial charge in [-0.15, -0.1) is 5.41 Å². The Labute approximate surface area is 129 Å². The third-order valence-electron chi connectivity index (χ3n) is 3.37. The van der Waals surface area contributed by atoms with Crippen LogP contribution in [0.3, 0.4) is 0 Å². The average Bonchev–Trinajstić information content (AvgIpc) is 2.72. The van der Waals surface area contributed by atoms with Gasteiger partial charge in [-0.05, 0) is 20.3 Å². The van der Waals surface area contributed by atoms with Crippen LogP contribution in [-0.4, -0.2) is 36.9 Å². The van der Waals surface area contributed by atoms with Crippen molar-refractivity contribution < 1.29 is 26.5 Å². The molecule has 2 rings (SSSR count). The summed E-state index contributed by atoms with van der Waals surface area (Å²) >= 11 is 0. The number of rotatable bonds is 1. The topological polar surface area (TPSA) is 18.5 Å². The molecule has 0 N–H and O–H groups in total. The van der Waals surface area contributed by atoms with Gasteiger partial charge >= 0.3 is 17.1 Å². The van der Waals surface area contributed by atoms with E-state index in [-0.39, 0.29) is 47.1 Å². The van der Waals surface area contributed by atoms with E-state index in [1.165, 1.54) is 0 Å². The first kappa shape index (κ1) is 20.4. The largest absolute Gasteiger partial charge is 2.00 e. The molecule has 100 valence electrons. The van der Waals surface area contributed by atoms with E-state index in [9.17, 15) is 0 Å². The smallest absolute Gasteiger partial charge is 0.379 e. The molecule has 0 unspecified atom stereocenters. The first-order valence-corrected chi connectivity index (χ1v) is 5.95. The van der Waals surface area contributed by atoms with Crippen molar-refractivity contribution in [2.75, 3.05) is 0 Å². The maximum Gasteiger partial charge on any atom is 2.00 e. The molecule has 0 amide bonds. The Hall–Kier alpha value is 1.04. The van der Waals surface area contributed by atoms with E-state index in [1.807, 2.05) is 0 Å². The molecule has 1 heterocycles. The van der Waals surface area contributed by atoms with Gasteiger partial charge in [0.25, 0.3) is 0 Å². The summed E-state index contributed by atoms with van der Waals surface area (Å²) in [5.74, 6) is -0.348. The average molecular weight is 283 g/mol. The van der Waals surface area contributed by atoms with Crippen LogP contribution in [-0.2, 0) is 26.5 Å². The minimum atomic E-state index is -0.348. The van der Waals surface area contributed by atoms with E-state index in [0.717, 1.165) is 12.8 Å². The van der Waals surface area contributed by atoms with E-state index in [0.29, 0.717) is 12.2 Å². The van der Waals surface area contributed by atoms with Crippen LogP contribution in [0.1, 0.15) is 47.5 Å². The predicted molar refractivity (Wildman–Crippen MR) is 67.9 cm³/mol. The first-order chi connectivity index (χ1) is 7.01. The quantitative estimate of drug-likeness (QED) is 0.544. The van der Waals surface area contributed by atoms with E-state index in [1.54, 1.807) is 6.92 Å². The van der Waals surface area contributed by atoms with Gasteiger partial charge in [-0.25, -0.2) is 0 Å². The Balaban J connectivity index is 0. The van der Waals surface area contributed by atoms with Crippen LogP contribution in [0.2, 0.25) is 0 Å². The van der Waals surface area contributed by atoms with Crippen molar-refractivity contribution in [1.82, 2.24) is 0 Å². The minimum Gasteiger partial charge on any atom is -0.379 e. The number of hydrogen-bond donors (Lipinski definition) is 0. The molecule has 2 radical (unpaired) electrons. The van der Waals surface area contributed by atoms with Crippen molar-refractivity contribution >= 4 is 18.9 Å². The molecule has 1 aliphatic heterocycles. The summed E-state index contributed by atoms with van der Waals surface area (Å²) in [4.78, 5) is 0. The standard InChI is InChI=1S/C11H19O2.C2H5.Cu.Li/c1-5-10(4)7-11(10)12-8(2)6-9(3)13-11;1-2;;/h7-9H,5-6H2,1-4H3;1H2,2H3;;/q2*-1;+2;/t8-,9-,10+;;;/m1.../s1. The molecule has 1 spiro atoms. The molecule has 17 heavy (non-hydrogen) atoms. The second-order valence-corrected chi connectivity index (χ2v) is 4.68. The predicted octanol–water partition coefficient (Wildman–Crippen LogP) is 2.99. The van der Waals surface area contributed by atoms with Crippen molar-refractivity contribution in [3.05, 3.63) is 13.3 Å². The van der Waals surface area contributed by atoms with Gasteiger partial charge in [-0.1, -0.05) is 20.3 Å². The van der Waals surface area contributed by atoms with Crippen molar-refractivity contribution in [2.45, 2.75) is 65.5 Å². The fourth-order valence-electron chi connectivity index (χ4n) is 2.26. The van der Waals surface area contributed by atoms with E-state index >= 15 is 0 Å². The summed E-state index contributed by atoms with van der Waals surface area (Å²) < 4.78 is 11.8. The van der Waals surface area contributed by atoms with Gasteiger partial charge in [-0.2, -0.15) is 6.92 Å². The minimum absolute atomic E-state index is 0. The van der Waals surface area contributed by atoms with Crippen molar-refractivity contribution in [3.63, 3.8) is 0 Å². The van der Waals surface area contributed by atoms with Crippen molar-refractivity contribution in [2.24, 2.45) is 5.41 Å². The van der Waals surface area contributed by atoms with Crippen LogP contribution < -0.4 is 0 Å². The normalized spacial score (nSPS) is 42.7. The third-order valence-corrected chi connectivity index (χ3v) is 3.37. The molecule has 0 bridgehead atoms. The molecular formula is C13H24CuLiO2. The van der Waals surface area contributed by atoms with Gasteiger partial charge in [0, 0.05) is 24.6 Å². The second-order valence-electron chi connectivity index (χ2n) is 4.68. The number of ether oxygens (including phenoxy) is 2. The fraction of sp³-hybridized carbons (Fsp3) is 0.846. The monoisotopic (exact) mass is 282 g/mol. The fourth-order valence-corrected chi connectivity index (χ4v) is 2.26. The van der Waals surface area contributed by atoms with Crippen LogP contribution in [0.5, 0.6) is 0 Å². The Morgan fingerprint density at radius 1 is 1.24 bits per heavy atom. The van der Waals surface area contributed by atoms with Gasteiger partial charge < -0.3 is 16.4 Å². The SMILES string of the molecule is CC[C@@]1(C)[CH-]C12O[C@H](C)C[C@@H](C)O2.[CH2-]C.[Cu+2].[Li]. The van der Waals surface area contributed by atoms with Gasteiger partial charge in [-0.3, -0.25) is 6.42 Å².